The van der Waals surface area contributed by atoms with Crippen molar-refractivity contribution in [3.8, 4) is 0 Å². The van der Waals surface area contributed by atoms with Crippen molar-refractivity contribution in [2.24, 2.45) is 5.92 Å². The van der Waals surface area contributed by atoms with E-state index in [1.807, 2.05) is 6.07 Å². The standard InChI is InChI=1S/C12H13BrFNO2/c1-17-12(16)9-6-15-5-8(9)7-2-3-10(13)11(14)4-7/h2-4,8-9,15H,5-6H2,1H3/t8-,9+/m0/s1. The van der Waals surface area contributed by atoms with Gasteiger partial charge < -0.3 is 10.1 Å². The Morgan fingerprint density at radius 3 is 2.94 bits per heavy atom. The summed E-state index contributed by atoms with van der Waals surface area (Å²) >= 11 is 3.11. The molecule has 0 aromatic heterocycles. The van der Waals surface area contributed by atoms with Crippen molar-refractivity contribution in [3.63, 3.8) is 0 Å². The average Bonchev–Trinajstić information content (AvgIpc) is 2.80. The van der Waals surface area contributed by atoms with Crippen LogP contribution in [0, 0.1) is 11.7 Å². The monoisotopic (exact) mass is 301 g/mol. The second-order valence-corrected chi connectivity index (χ2v) is 4.92. The number of hydrogen-bond acceptors (Lipinski definition) is 3. The molecular formula is C12H13BrFNO2. The number of nitrogens with one attached hydrogen (secondary N) is 1. The molecular weight excluding hydrogens is 289 g/mol. The molecule has 0 bridgehead atoms. The fourth-order valence-corrected chi connectivity index (χ4v) is 2.42. The molecule has 5 heteroatoms. The van der Waals surface area contributed by atoms with Crippen LogP contribution in [-0.4, -0.2) is 26.2 Å². The summed E-state index contributed by atoms with van der Waals surface area (Å²) < 4.78 is 18.6. The van der Waals surface area contributed by atoms with Crippen LogP contribution in [0.1, 0.15) is 11.5 Å². The minimum Gasteiger partial charge on any atom is -0.469 e. The molecule has 0 saturated carbocycles. The number of halogens is 2. The third-order valence-corrected chi connectivity index (χ3v) is 3.73. The number of methoxy groups -OCH3 is 1. The van der Waals surface area contributed by atoms with E-state index in [9.17, 15) is 9.18 Å². The Bertz CT molecular complexity index is 439. The predicted molar refractivity (Wildman–Crippen MR) is 65.2 cm³/mol. The smallest absolute Gasteiger partial charge is 0.310 e. The van der Waals surface area contributed by atoms with Crippen LogP contribution in [-0.2, 0) is 9.53 Å². The number of benzene rings is 1. The lowest BCUT2D eigenvalue weighted by atomic mass is 9.89. The van der Waals surface area contributed by atoms with E-state index in [2.05, 4.69) is 21.2 Å². The molecule has 1 saturated heterocycles. The zero-order chi connectivity index (χ0) is 12.4. The molecule has 1 fully saturated rings. The van der Waals surface area contributed by atoms with Gasteiger partial charge >= 0.3 is 5.97 Å². The summed E-state index contributed by atoms with van der Waals surface area (Å²) in [6, 6.07) is 4.97. The van der Waals surface area contributed by atoms with Gasteiger partial charge in [-0.3, -0.25) is 4.79 Å². The minimum absolute atomic E-state index is 0.0231. The maximum atomic E-state index is 13.5. The zero-order valence-electron chi connectivity index (χ0n) is 9.37. The van der Waals surface area contributed by atoms with Crippen LogP contribution in [0.25, 0.3) is 0 Å². The van der Waals surface area contributed by atoms with Crippen molar-refractivity contribution in [2.45, 2.75) is 5.92 Å². The summed E-state index contributed by atoms with van der Waals surface area (Å²) in [6.07, 6.45) is 0. The maximum Gasteiger partial charge on any atom is 0.310 e. The van der Waals surface area contributed by atoms with E-state index in [1.165, 1.54) is 13.2 Å². The third kappa shape index (κ3) is 2.50. The van der Waals surface area contributed by atoms with Crippen LogP contribution < -0.4 is 5.32 Å². The van der Waals surface area contributed by atoms with Gasteiger partial charge in [0.2, 0.25) is 0 Å². The number of rotatable bonds is 2. The summed E-state index contributed by atoms with van der Waals surface area (Å²) in [5.41, 5.74) is 0.825. The molecule has 0 amide bonds. The molecule has 1 aromatic carbocycles. The van der Waals surface area contributed by atoms with Gasteiger partial charge in [-0.1, -0.05) is 6.07 Å². The molecule has 92 valence electrons. The van der Waals surface area contributed by atoms with E-state index in [-0.39, 0.29) is 23.6 Å². The van der Waals surface area contributed by atoms with Gasteiger partial charge in [-0.05, 0) is 33.6 Å². The van der Waals surface area contributed by atoms with Crippen LogP contribution in [0.4, 0.5) is 4.39 Å². The summed E-state index contributed by atoms with van der Waals surface area (Å²) in [4.78, 5) is 11.6. The molecule has 1 N–H and O–H groups in total. The first-order chi connectivity index (χ1) is 8.13. The van der Waals surface area contributed by atoms with E-state index in [0.29, 0.717) is 17.6 Å². The number of ether oxygens (including phenoxy) is 1. The molecule has 3 nitrogen and oxygen atoms in total. The van der Waals surface area contributed by atoms with Crippen LogP contribution in [0.15, 0.2) is 22.7 Å². The fraction of sp³-hybridized carbons (Fsp3) is 0.417. The Morgan fingerprint density at radius 2 is 2.29 bits per heavy atom. The first kappa shape index (κ1) is 12.5. The first-order valence-corrected chi connectivity index (χ1v) is 6.16. The summed E-state index contributed by atoms with van der Waals surface area (Å²) in [5, 5.41) is 3.14. The van der Waals surface area contributed by atoms with E-state index >= 15 is 0 Å². The largest absolute Gasteiger partial charge is 0.469 e. The molecule has 0 radical (unpaired) electrons. The average molecular weight is 302 g/mol. The third-order valence-electron chi connectivity index (χ3n) is 3.09. The second kappa shape index (κ2) is 5.14. The highest BCUT2D eigenvalue weighted by Crippen LogP contribution is 2.30. The maximum absolute atomic E-state index is 13.5. The van der Waals surface area contributed by atoms with Crippen molar-refractivity contribution in [1.82, 2.24) is 5.32 Å². The van der Waals surface area contributed by atoms with Crippen molar-refractivity contribution < 1.29 is 13.9 Å². The minimum atomic E-state index is -0.307. The highest BCUT2D eigenvalue weighted by molar-refractivity contribution is 9.10. The van der Waals surface area contributed by atoms with Crippen molar-refractivity contribution >= 4 is 21.9 Å². The number of carbonyl (C=O) groups excluding carboxylic acids is 1. The summed E-state index contributed by atoms with van der Waals surface area (Å²) in [5.74, 6) is -0.813. The van der Waals surface area contributed by atoms with Gasteiger partial charge in [-0.15, -0.1) is 0 Å². The van der Waals surface area contributed by atoms with Crippen LogP contribution >= 0.6 is 15.9 Å². The van der Waals surface area contributed by atoms with Crippen LogP contribution in [0.3, 0.4) is 0 Å². The van der Waals surface area contributed by atoms with Crippen molar-refractivity contribution in [3.05, 3.63) is 34.1 Å². The molecule has 1 aliphatic rings. The van der Waals surface area contributed by atoms with Gasteiger partial charge in [0.05, 0.1) is 17.5 Å². The van der Waals surface area contributed by atoms with Gasteiger partial charge in [0.15, 0.2) is 0 Å². The molecule has 1 aromatic rings. The van der Waals surface area contributed by atoms with Crippen molar-refractivity contribution in [2.75, 3.05) is 20.2 Å². The molecule has 0 unspecified atom stereocenters. The van der Waals surface area contributed by atoms with E-state index < -0.39 is 0 Å². The Balaban J connectivity index is 2.26. The molecule has 17 heavy (non-hydrogen) atoms. The van der Waals surface area contributed by atoms with Crippen molar-refractivity contribution in [1.29, 1.82) is 0 Å². The highest BCUT2D eigenvalue weighted by Gasteiger charge is 2.34. The van der Waals surface area contributed by atoms with Crippen LogP contribution in [0.5, 0.6) is 0 Å². The van der Waals surface area contributed by atoms with Gasteiger partial charge in [0, 0.05) is 19.0 Å². The Morgan fingerprint density at radius 1 is 1.53 bits per heavy atom. The summed E-state index contributed by atoms with van der Waals surface area (Å²) in [7, 11) is 1.37. The Hall–Kier alpha value is -0.940. The Labute approximate surface area is 107 Å². The van der Waals surface area contributed by atoms with Gasteiger partial charge in [-0.25, -0.2) is 4.39 Å². The lowest BCUT2D eigenvalue weighted by Crippen LogP contribution is -2.23. The lowest BCUT2D eigenvalue weighted by molar-refractivity contribution is -0.145. The number of hydrogen-bond donors (Lipinski definition) is 1. The van der Waals surface area contributed by atoms with Gasteiger partial charge in [0.1, 0.15) is 5.82 Å². The molecule has 0 aliphatic carbocycles. The molecule has 1 aliphatic heterocycles. The second-order valence-electron chi connectivity index (χ2n) is 4.07. The topological polar surface area (TPSA) is 38.3 Å². The van der Waals surface area contributed by atoms with E-state index in [0.717, 1.165) is 5.56 Å². The van der Waals surface area contributed by atoms with E-state index in [4.69, 9.17) is 4.74 Å². The molecule has 2 atom stereocenters. The number of carbonyl (C=O) groups is 1. The zero-order valence-corrected chi connectivity index (χ0v) is 11.0. The van der Waals surface area contributed by atoms with Gasteiger partial charge in [-0.2, -0.15) is 0 Å². The summed E-state index contributed by atoms with van der Waals surface area (Å²) in [6.45, 7) is 1.25. The highest BCUT2D eigenvalue weighted by atomic mass is 79.9. The first-order valence-electron chi connectivity index (χ1n) is 5.37. The predicted octanol–water partition coefficient (Wildman–Crippen LogP) is 2.06. The quantitative estimate of drug-likeness (QED) is 0.850. The number of esters is 1. The molecule has 0 spiro atoms. The SMILES string of the molecule is COC(=O)[C@@H]1CNC[C@H]1c1ccc(Br)c(F)c1. The molecule has 1 heterocycles. The van der Waals surface area contributed by atoms with Crippen LogP contribution in [0.2, 0.25) is 0 Å². The normalized spacial score (nSPS) is 23.7. The fourth-order valence-electron chi connectivity index (χ4n) is 2.17. The lowest BCUT2D eigenvalue weighted by Gasteiger charge is -2.16. The van der Waals surface area contributed by atoms with Gasteiger partial charge in [0.25, 0.3) is 0 Å². The Kier molecular flexibility index (Phi) is 3.79. The molecule has 2 rings (SSSR count). The van der Waals surface area contributed by atoms with E-state index in [1.54, 1.807) is 6.07 Å².